The first-order chi connectivity index (χ1) is 19.8. The molecule has 0 bridgehead atoms. The number of nitrogen functional groups attached to an aromatic ring is 1. The number of benzene rings is 1. The van der Waals surface area contributed by atoms with Gasteiger partial charge in [-0.1, -0.05) is 24.3 Å². The summed E-state index contributed by atoms with van der Waals surface area (Å²) in [5.41, 5.74) is 4.94. The minimum Gasteiger partial charge on any atom is -0.390 e. The number of nitrogens with one attached hydrogen (secondary N) is 1. The number of carbonyl (C=O) groups excluding carboxylic acids is 1. The number of rotatable bonds is 13. The number of hydrogen-bond acceptors (Lipinski definition) is 13. The highest BCUT2D eigenvalue weighted by atomic mass is 31.3. The maximum atomic E-state index is 12.2. The Kier molecular flexibility index (Phi) is 11.1. The van der Waals surface area contributed by atoms with E-state index in [-0.39, 0.29) is 23.4 Å². The van der Waals surface area contributed by atoms with Crippen LogP contribution in [0, 0.1) is 0 Å². The average molecular weight is 682 g/mol. The molecule has 3 rings (SSSR count). The molecule has 6 atom stereocenters. The van der Waals surface area contributed by atoms with Gasteiger partial charge in [-0.2, -0.15) is 26.8 Å². The first-order valence-corrected chi connectivity index (χ1v) is 16.0. The molecule has 24 heteroatoms. The number of phosphoric acid groups is 3. The Labute approximate surface area is 239 Å². The number of nitrogens with two attached hydrogens (primary N) is 1. The number of ether oxygens (including phenoxy) is 1. The van der Waals surface area contributed by atoms with Crippen LogP contribution in [0.4, 0.5) is 19.0 Å². The minimum absolute atomic E-state index is 0.0704. The number of amides is 1. The molecule has 0 spiro atoms. The van der Waals surface area contributed by atoms with Crippen molar-refractivity contribution >= 4 is 35.2 Å². The summed E-state index contributed by atoms with van der Waals surface area (Å²) in [6.07, 6.45) is -7.77. The summed E-state index contributed by atoms with van der Waals surface area (Å²) in [6.45, 7) is -2.14. The molecule has 0 aliphatic carbocycles. The van der Waals surface area contributed by atoms with Crippen LogP contribution in [-0.4, -0.2) is 60.2 Å². The maximum absolute atomic E-state index is 12.2. The van der Waals surface area contributed by atoms with Gasteiger partial charge in [0.15, 0.2) is 0 Å². The molecule has 43 heavy (non-hydrogen) atoms. The van der Waals surface area contributed by atoms with E-state index in [0.717, 1.165) is 4.57 Å². The van der Waals surface area contributed by atoms with Crippen LogP contribution in [0.25, 0.3) is 0 Å². The normalized spacial score (nSPS) is 23.2. The van der Waals surface area contributed by atoms with Crippen LogP contribution < -0.4 is 16.7 Å². The van der Waals surface area contributed by atoms with Crippen molar-refractivity contribution in [1.29, 1.82) is 0 Å². The zero-order chi connectivity index (χ0) is 32.2. The van der Waals surface area contributed by atoms with E-state index in [1.165, 1.54) is 36.5 Å². The monoisotopic (exact) mass is 682 g/mol. The number of alkyl halides is 3. The quantitative estimate of drug-likeness (QED) is 0.162. The van der Waals surface area contributed by atoms with Crippen LogP contribution in [0.3, 0.4) is 0 Å². The van der Waals surface area contributed by atoms with Crippen molar-refractivity contribution in [2.24, 2.45) is 0 Å². The molecule has 0 saturated carbocycles. The van der Waals surface area contributed by atoms with Gasteiger partial charge in [-0.3, -0.25) is 18.4 Å². The molecule has 7 N–H and O–H groups in total. The summed E-state index contributed by atoms with van der Waals surface area (Å²) in [4.78, 5) is 55.5. The number of phosphoric ester groups is 2. The second-order valence-corrected chi connectivity index (χ2v) is 13.2. The standard InChI is InChI=1S/C19H24F3N4O14P3/c20-19(21,22)17(28)24-8-11-1-3-12(4-2-11)9-36-41(30,31)39-43(34,35)40-42(32,33)37-10-14-13(27)7-16(38-14)26-6-5-15(23)25-18(26)29/h1-6,13-14,16,27H,7-10H2,(H,24,28)(H,30,31)(H,32,33)(H,34,35)(H2,23,25,29)/t13?,14-,16-/m1/s1. The first-order valence-electron chi connectivity index (χ1n) is 11.6. The van der Waals surface area contributed by atoms with E-state index in [0.29, 0.717) is 0 Å². The number of hydrogen-bond donors (Lipinski definition) is 6. The van der Waals surface area contributed by atoms with Crippen LogP contribution >= 0.6 is 23.5 Å². The third kappa shape index (κ3) is 10.9. The smallest absolute Gasteiger partial charge is 0.390 e. The highest BCUT2D eigenvalue weighted by Gasteiger charge is 2.44. The molecule has 1 aliphatic rings. The Morgan fingerprint density at radius 1 is 1.05 bits per heavy atom. The van der Waals surface area contributed by atoms with Crippen molar-refractivity contribution in [3.8, 4) is 0 Å². The van der Waals surface area contributed by atoms with Gasteiger partial charge in [-0.15, -0.1) is 0 Å². The second kappa shape index (κ2) is 13.6. The molecular formula is C19H24F3N4O14P3. The minimum atomic E-state index is -5.82. The van der Waals surface area contributed by atoms with Crippen molar-refractivity contribution in [1.82, 2.24) is 14.9 Å². The Balaban J connectivity index is 1.48. The predicted molar refractivity (Wildman–Crippen MR) is 134 cm³/mol. The van der Waals surface area contributed by atoms with Crippen LogP contribution in [0.15, 0.2) is 41.3 Å². The fourth-order valence-electron chi connectivity index (χ4n) is 3.36. The Morgan fingerprint density at radius 2 is 1.63 bits per heavy atom. The van der Waals surface area contributed by atoms with Gasteiger partial charge in [-0.05, 0) is 17.2 Å². The predicted octanol–water partition coefficient (Wildman–Crippen LogP) is 1.22. The average Bonchev–Trinajstić information content (AvgIpc) is 3.23. The molecule has 1 aromatic carbocycles. The Hall–Kier alpha value is -2.51. The first kappa shape index (κ1) is 35.0. The van der Waals surface area contributed by atoms with Gasteiger partial charge in [-0.25, -0.2) is 18.5 Å². The lowest BCUT2D eigenvalue weighted by atomic mass is 10.1. The molecular weight excluding hydrogens is 658 g/mol. The zero-order valence-electron chi connectivity index (χ0n) is 21.3. The molecule has 2 aromatic rings. The van der Waals surface area contributed by atoms with E-state index in [2.05, 4.69) is 22.7 Å². The van der Waals surface area contributed by atoms with Gasteiger partial charge in [0.25, 0.3) is 0 Å². The highest BCUT2D eigenvalue weighted by Crippen LogP contribution is 2.67. The number of aromatic nitrogens is 2. The summed E-state index contributed by atoms with van der Waals surface area (Å²) in [7, 11) is -16.8. The van der Waals surface area contributed by atoms with Crippen molar-refractivity contribution in [2.75, 3.05) is 12.3 Å². The Morgan fingerprint density at radius 3 is 2.21 bits per heavy atom. The number of carbonyl (C=O) groups is 1. The fourth-order valence-corrected chi connectivity index (χ4v) is 6.86. The van der Waals surface area contributed by atoms with Crippen molar-refractivity contribution in [2.45, 2.75) is 44.2 Å². The van der Waals surface area contributed by atoms with Gasteiger partial charge < -0.3 is 35.6 Å². The van der Waals surface area contributed by atoms with Crippen molar-refractivity contribution < 1.29 is 73.9 Å². The topological polar surface area (TPSA) is 268 Å². The third-order valence-electron chi connectivity index (χ3n) is 5.31. The van der Waals surface area contributed by atoms with Gasteiger partial charge in [0.2, 0.25) is 0 Å². The SMILES string of the molecule is Nc1ccn([C@H]2CC(O)[C@@H](COP(=O)(O)OP(=O)(O)OP(=O)(O)OCc3ccc(CNC(=O)C(F)(F)F)cc3)O2)c(=O)n1. The van der Waals surface area contributed by atoms with Crippen molar-refractivity contribution in [3.05, 3.63) is 58.1 Å². The van der Waals surface area contributed by atoms with E-state index in [4.69, 9.17) is 10.5 Å². The molecule has 1 fully saturated rings. The van der Waals surface area contributed by atoms with Gasteiger partial charge >= 0.3 is 41.2 Å². The lowest BCUT2D eigenvalue weighted by Gasteiger charge is -2.20. The molecule has 2 heterocycles. The van der Waals surface area contributed by atoms with E-state index < -0.39 is 79.4 Å². The van der Waals surface area contributed by atoms with E-state index in [1.807, 2.05) is 0 Å². The van der Waals surface area contributed by atoms with Crippen LogP contribution in [0.1, 0.15) is 23.8 Å². The van der Waals surface area contributed by atoms with E-state index >= 15 is 0 Å². The summed E-state index contributed by atoms with van der Waals surface area (Å²) in [6, 6.07) is 6.23. The van der Waals surface area contributed by atoms with Crippen LogP contribution in [0.5, 0.6) is 0 Å². The molecule has 1 amide bonds. The van der Waals surface area contributed by atoms with Gasteiger partial charge in [0.1, 0.15) is 18.1 Å². The second-order valence-electron chi connectivity index (χ2n) is 8.61. The number of anilines is 1. The van der Waals surface area contributed by atoms with Gasteiger partial charge in [0.05, 0.1) is 19.3 Å². The summed E-state index contributed by atoms with van der Waals surface area (Å²) < 4.78 is 96.4. The Bertz CT molecular complexity index is 1510. The lowest BCUT2D eigenvalue weighted by Crippen LogP contribution is -2.36. The molecule has 4 unspecified atom stereocenters. The molecule has 18 nitrogen and oxygen atoms in total. The number of nitrogens with zero attached hydrogens (tertiary/aromatic N) is 2. The van der Waals surface area contributed by atoms with Crippen LogP contribution in [-0.2, 0) is 54.0 Å². The zero-order valence-corrected chi connectivity index (χ0v) is 24.0. The number of halogens is 3. The highest BCUT2D eigenvalue weighted by molar-refractivity contribution is 7.66. The molecule has 1 saturated heterocycles. The van der Waals surface area contributed by atoms with E-state index in [9.17, 15) is 56.2 Å². The fraction of sp³-hybridized carbons (Fsp3) is 0.421. The largest absolute Gasteiger partial charge is 0.490 e. The summed E-state index contributed by atoms with van der Waals surface area (Å²) >= 11 is 0. The van der Waals surface area contributed by atoms with Crippen molar-refractivity contribution in [3.63, 3.8) is 0 Å². The molecule has 1 aromatic heterocycles. The van der Waals surface area contributed by atoms with Gasteiger partial charge in [0, 0.05) is 19.2 Å². The van der Waals surface area contributed by atoms with E-state index in [1.54, 1.807) is 5.32 Å². The number of aliphatic hydroxyl groups is 1. The number of aliphatic hydroxyl groups excluding tert-OH is 1. The molecule has 1 aliphatic heterocycles. The lowest BCUT2D eigenvalue weighted by molar-refractivity contribution is -0.173. The van der Waals surface area contributed by atoms with Crippen LogP contribution in [0.2, 0.25) is 0 Å². The summed E-state index contributed by atoms with van der Waals surface area (Å²) in [5.74, 6) is -2.23. The molecule has 240 valence electrons. The maximum Gasteiger partial charge on any atom is 0.490 e. The molecule has 0 radical (unpaired) electrons. The summed E-state index contributed by atoms with van der Waals surface area (Å²) in [5, 5.41) is 11.8. The third-order valence-corrected chi connectivity index (χ3v) is 9.54.